The molecular formula is C12H14F2N2O. The van der Waals surface area contributed by atoms with E-state index in [4.69, 9.17) is 0 Å². The number of benzene rings is 1. The fourth-order valence-electron chi connectivity index (χ4n) is 1.92. The second kappa shape index (κ2) is 5.23. The smallest absolute Gasteiger partial charge is 0.254 e. The van der Waals surface area contributed by atoms with E-state index in [2.05, 4.69) is 10.6 Å². The van der Waals surface area contributed by atoms with E-state index >= 15 is 0 Å². The van der Waals surface area contributed by atoms with E-state index in [1.54, 1.807) is 0 Å². The summed E-state index contributed by atoms with van der Waals surface area (Å²) in [6.07, 6.45) is 2.09. The molecule has 3 nitrogen and oxygen atoms in total. The molecule has 0 bridgehead atoms. The van der Waals surface area contributed by atoms with Gasteiger partial charge in [-0.15, -0.1) is 0 Å². The van der Waals surface area contributed by atoms with Gasteiger partial charge in [-0.05, 0) is 31.5 Å². The topological polar surface area (TPSA) is 41.1 Å². The Bertz CT molecular complexity index is 417. The molecule has 0 aliphatic carbocycles. The zero-order chi connectivity index (χ0) is 12.3. The quantitative estimate of drug-likeness (QED) is 0.839. The summed E-state index contributed by atoms with van der Waals surface area (Å²) in [5, 5.41) is 5.86. The van der Waals surface area contributed by atoms with Crippen LogP contribution in [0.1, 0.15) is 23.2 Å². The molecule has 1 amide bonds. The Balaban J connectivity index is 1.94. The van der Waals surface area contributed by atoms with Crippen LogP contribution >= 0.6 is 0 Å². The summed E-state index contributed by atoms with van der Waals surface area (Å²) in [7, 11) is 0. The number of rotatable bonds is 3. The lowest BCUT2D eigenvalue weighted by atomic mass is 10.2. The molecule has 1 aliphatic heterocycles. The first kappa shape index (κ1) is 12.0. The summed E-state index contributed by atoms with van der Waals surface area (Å²) in [5.41, 5.74) is -0.121. The Morgan fingerprint density at radius 1 is 1.47 bits per heavy atom. The van der Waals surface area contributed by atoms with Gasteiger partial charge in [0.1, 0.15) is 11.6 Å². The van der Waals surface area contributed by atoms with Crippen molar-refractivity contribution in [3.05, 3.63) is 35.4 Å². The zero-order valence-corrected chi connectivity index (χ0v) is 9.30. The van der Waals surface area contributed by atoms with Gasteiger partial charge in [-0.1, -0.05) is 0 Å². The van der Waals surface area contributed by atoms with E-state index in [1.807, 2.05) is 0 Å². The second-order valence-corrected chi connectivity index (χ2v) is 4.13. The van der Waals surface area contributed by atoms with Crippen LogP contribution in [0.2, 0.25) is 0 Å². The molecule has 2 rings (SSSR count). The molecule has 1 aliphatic rings. The van der Waals surface area contributed by atoms with Gasteiger partial charge in [0, 0.05) is 18.7 Å². The largest absolute Gasteiger partial charge is 0.350 e. The van der Waals surface area contributed by atoms with E-state index in [0.717, 1.165) is 31.5 Å². The predicted octanol–water partition coefficient (Wildman–Crippen LogP) is 1.45. The van der Waals surface area contributed by atoms with Crippen LogP contribution in [0.4, 0.5) is 8.78 Å². The van der Waals surface area contributed by atoms with Crippen molar-refractivity contribution in [2.45, 2.75) is 18.9 Å². The summed E-state index contributed by atoms with van der Waals surface area (Å²) in [6, 6.07) is 3.19. The van der Waals surface area contributed by atoms with Gasteiger partial charge in [-0.25, -0.2) is 8.78 Å². The lowest BCUT2D eigenvalue weighted by molar-refractivity contribution is 0.0946. The van der Waals surface area contributed by atoms with Crippen LogP contribution < -0.4 is 10.6 Å². The van der Waals surface area contributed by atoms with Crippen molar-refractivity contribution in [2.75, 3.05) is 13.1 Å². The van der Waals surface area contributed by atoms with Gasteiger partial charge in [0.05, 0.1) is 5.56 Å². The molecule has 1 fully saturated rings. The lowest BCUT2D eigenvalue weighted by Crippen LogP contribution is -2.37. The standard InChI is InChI=1S/C12H14F2N2O/c13-8-3-4-10(11(14)6-8)12(17)16-7-9-2-1-5-15-9/h3-4,6,9,15H,1-2,5,7H2,(H,16,17)/t9-/m1/s1. The van der Waals surface area contributed by atoms with Crippen molar-refractivity contribution in [3.8, 4) is 0 Å². The minimum absolute atomic E-state index is 0.121. The molecule has 1 aromatic rings. The van der Waals surface area contributed by atoms with E-state index < -0.39 is 17.5 Å². The summed E-state index contributed by atoms with van der Waals surface area (Å²) in [4.78, 5) is 11.6. The van der Waals surface area contributed by atoms with Crippen molar-refractivity contribution in [2.24, 2.45) is 0 Å². The van der Waals surface area contributed by atoms with E-state index in [0.29, 0.717) is 12.6 Å². The summed E-state index contributed by atoms with van der Waals surface area (Å²) >= 11 is 0. The van der Waals surface area contributed by atoms with Crippen LogP contribution in [0, 0.1) is 11.6 Å². The summed E-state index contributed by atoms with van der Waals surface area (Å²) in [6.45, 7) is 1.42. The van der Waals surface area contributed by atoms with Crippen LogP contribution in [0.15, 0.2) is 18.2 Å². The maximum atomic E-state index is 13.3. The van der Waals surface area contributed by atoms with Crippen molar-refractivity contribution in [1.82, 2.24) is 10.6 Å². The number of carbonyl (C=O) groups excluding carboxylic acids is 1. The molecule has 17 heavy (non-hydrogen) atoms. The van der Waals surface area contributed by atoms with Gasteiger partial charge in [0.25, 0.3) is 5.91 Å². The highest BCUT2D eigenvalue weighted by atomic mass is 19.1. The van der Waals surface area contributed by atoms with Crippen LogP contribution in [-0.4, -0.2) is 25.0 Å². The van der Waals surface area contributed by atoms with Gasteiger partial charge in [0.15, 0.2) is 0 Å². The highest BCUT2D eigenvalue weighted by Crippen LogP contribution is 2.09. The zero-order valence-electron chi connectivity index (χ0n) is 9.30. The first-order chi connectivity index (χ1) is 8.16. The van der Waals surface area contributed by atoms with Crippen molar-refractivity contribution < 1.29 is 13.6 Å². The van der Waals surface area contributed by atoms with E-state index in [-0.39, 0.29) is 11.6 Å². The second-order valence-electron chi connectivity index (χ2n) is 4.13. The third kappa shape index (κ3) is 3.00. The maximum Gasteiger partial charge on any atom is 0.254 e. The Hall–Kier alpha value is -1.49. The number of amides is 1. The molecule has 2 N–H and O–H groups in total. The third-order valence-corrected chi connectivity index (χ3v) is 2.85. The van der Waals surface area contributed by atoms with Gasteiger partial charge in [-0.2, -0.15) is 0 Å². The van der Waals surface area contributed by atoms with Crippen LogP contribution in [0.25, 0.3) is 0 Å². The third-order valence-electron chi connectivity index (χ3n) is 2.85. The first-order valence-electron chi connectivity index (χ1n) is 5.63. The van der Waals surface area contributed by atoms with Crippen LogP contribution in [0.3, 0.4) is 0 Å². The Morgan fingerprint density at radius 3 is 2.94 bits per heavy atom. The van der Waals surface area contributed by atoms with Crippen molar-refractivity contribution >= 4 is 5.91 Å². The van der Waals surface area contributed by atoms with Gasteiger partial charge < -0.3 is 10.6 Å². The molecule has 0 unspecified atom stereocenters. The number of hydrogen-bond donors (Lipinski definition) is 2. The van der Waals surface area contributed by atoms with Gasteiger partial charge in [-0.3, -0.25) is 4.79 Å². The minimum Gasteiger partial charge on any atom is -0.350 e. The minimum atomic E-state index is -0.832. The molecule has 0 saturated carbocycles. The normalized spacial score (nSPS) is 19.3. The van der Waals surface area contributed by atoms with Crippen LogP contribution in [-0.2, 0) is 0 Å². The van der Waals surface area contributed by atoms with E-state index in [1.165, 1.54) is 0 Å². The van der Waals surface area contributed by atoms with Gasteiger partial charge in [0.2, 0.25) is 0 Å². The number of carbonyl (C=O) groups is 1. The Morgan fingerprint density at radius 2 is 2.29 bits per heavy atom. The van der Waals surface area contributed by atoms with Crippen molar-refractivity contribution in [1.29, 1.82) is 0 Å². The molecular weight excluding hydrogens is 226 g/mol. The molecule has 1 saturated heterocycles. The lowest BCUT2D eigenvalue weighted by Gasteiger charge is -2.11. The van der Waals surface area contributed by atoms with Crippen LogP contribution in [0.5, 0.6) is 0 Å². The fourth-order valence-corrected chi connectivity index (χ4v) is 1.92. The highest BCUT2D eigenvalue weighted by molar-refractivity contribution is 5.94. The highest BCUT2D eigenvalue weighted by Gasteiger charge is 2.17. The summed E-state index contributed by atoms with van der Waals surface area (Å²) < 4.78 is 25.9. The SMILES string of the molecule is O=C(NC[C@H]1CCCN1)c1ccc(F)cc1F. The molecule has 92 valence electrons. The number of nitrogens with one attached hydrogen (secondary N) is 2. The predicted molar refractivity (Wildman–Crippen MR) is 59.7 cm³/mol. The van der Waals surface area contributed by atoms with Crippen molar-refractivity contribution in [3.63, 3.8) is 0 Å². The first-order valence-corrected chi connectivity index (χ1v) is 5.63. The van der Waals surface area contributed by atoms with Gasteiger partial charge >= 0.3 is 0 Å². The van der Waals surface area contributed by atoms with E-state index in [9.17, 15) is 13.6 Å². The Labute approximate surface area is 98.2 Å². The summed E-state index contributed by atoms with van der Waals surface area (Å²) in [5.74, 6) is -2.02. The molecule has 0 spiro atoms. The molecule has 1 atom stereocenters. The molecule has 1 heterocycles. The number of hydrogen-bond acceptors (Lipinski definition) is 2. The number of halogens is 2. The fraction of sp³-hybridized carbons (Fsp3) is 0.417. The average Bonchev–Trinajstić information content (AvgIpc) is 2.78. The monoisotopic (exact) mass is 240 g/mol. The Kier molecular flexibility index (Phi) is 3.68. The average molecular weight is 240 g/mol. The molecule has 1 aromatic carbocycles. The molecule has 5 heteroatoms. The molecule has 0 aromatic heterocycles. The maximum absolute atomic E-state index is 13.3. The molecule has 0 radical (unpaired) electrons.